The average molecular weight is 409 g/mol. The first-order chi connectivity index (χ1) is 14.8. The van der Waals surface area contributed by atoms with Crippen LogP contribution in [-0.4, -0.2) is 55.4 Å². The van der Waals surface area contributed by atoms with E-state index in [0.29, 0.717) is 12.5 Å². The van der Waals surface area contributed by atoms with Crippen LogP contribution in [0, 0.1) is 5.92 Å². The van der Waals surface area contributed by atoms with Crippen molar-refractivity contribution in [2.45, 2.75) is 44.6 Å². The molecule has 2 aliphatic carbocycles. The van der Waals surface area contributed by atoms with Crippen LogP contribution in [0.15, 0.2) is 71.1 Å². The molecule has 2 N–H and O–H groups in total. The molecule has 0 aromatic carbocycles. The smallest absolute Gasteiger partial charge is 0.114 e. The highest BCUT2D eigenvalue weighted by molar-refractivity contribution is 5.35. The van der Waals surface area contributed by atoms with Gasteiger partial charge >= 0.3 is 0 Å². The lowest BCUT2D eigenvalue weighted by Gasteiger charge is -2.30. The van der Waals surface area contributed by atoms with Crippen molar-refractivity contribution in [1.82, 2.24) is 10.2 Å². The van der Waals surface area contributed by atoms with Gasteiger partial charge in [0.25, 0.3) is 0 Å². The summed E-state index contributed by atoms with van der Waals surface area (Å²) >= 11 is 0. The van der Waals surface area contributed by atoms with Gasteiger partial charge < -0.3 is 15.2 Å². The van der Waals surface area contributed by atoms with Crippen molar-refractivity contribution in [3.63, 3.8) is 0 Å². The van der Waals surface area contributed by atoms with Gasteiger partial charge in [0.15, 0.2) is 0 Å². The third kappa shape index (κ3) is 6.07. The summed E-state index contributed by atoms with van der Waals surface area (Å²) < 4.78 is 5.96. The summed E-state index contributed by atoms with van der Waals surface area (Å²) in [6.45, 7) is 5.63. The normalized spacial score (nSPS) is 24.0. The molecule has 4 rings (SSSR count). The Morgan fingerprint density at radius 3 is 2.90 bits per heavy atom. The Morgan fingerprint density at radius 1 is 1.10 bits per heavy atom. The number of aliphatic hydroxyl groups is 1. The number of hydrogen-bond acceptors (Lipinski definition) is 4. The maximum absolute atomic E-state index is 10.5. The van der Waals surface area contributed by atoms with E-state index >= 15 is 0 Å². The number of piperidine rings is 1. The third-order valence-electron chi connectivity index (χ3n) is 6.62. The molecule has 0 bridgehead atoms. The van der Waals surface area contributed by atoms with Crippen molar-refractivity contribution >= 4 is 0 Å². The molecular weight excluding hydrogens is 372 g/mol. The zero-order valence-corrected chi connectivity index (χ0v) is 18.1. The second-order valence-electron chi connectivity index (χ2n) is 8.83. The Labute approximate surface area is 181 Å². The van der Waals surface area contributed by atoms with E-state index in [2.05, 4.69) is 58.8 Å². The van der Waals surface area contributed by atoms with Gasteiger partial charge in [0.2, 0.25) is 0 Å². The Balaban J connectivity index is 1.20. The molecule has 1 fully saturated rings. The first-order valence-corrected chi connectivity index (χ1v) is 11.6. The molecule has 0 saturated carbocycles. The van der Waals surface area contributed by atoms with Gasteiger partial charge in [-0.05, 0) is 73.9 Å². The van der Waals surface area contributed by atoms with Gasteiger partial charge in [-0.3, -0.25) is 4.90 Å². The fourth-order valence-corrected chi connectivity index (χ4v) is 4.73. The Hall–Kier alpha value is -1.88. The highest BCUT2D eigenvalue weighted by atomic mass is 16.5. The first kappa shape index (κ1) is 21.4. The summed E-state index contributed by atoms with van der Waals surface area (Å²) in [5, 5.41) is 13.9. The molecule has 1 saturated heterocycles. The number of nitrogens with zero attached hydrogens (tertiary/aromatic N) is 1. The van der Waals surface area contributed by atoms with Crippen molar-refractivity contribution in [1.29, 1.82) is 0 Å². The minimum absolute atomic E-state index is 0.378. The van der Waals surface area contributed by atoms with Crippen LogP contribution < -0.4 is 5.32 Å². The van der Waals surface area contributed by atoms with Gasteiger partial charge in [-0.2, -0.15) is 0 Å². The standard InChI is InChI=1S/C26H36N2O2/c29-25(14-18-28-17-13-22-5-2-1-3-6-24(22)19-28)20-30-26-8-4-7-21(9-10-26)23-11-15-27-16-12-23/h1-5,7,9-10,23,25,27,29H,6,8,11-20H2. The zero-order valence-electron chi connectivity index (χ0n) is 18.1. The van der Waals surface area contributed by atoms with Crippen LogP contribution in [0.5, 0.6) is 0 Å². The highest BCUT2D eigenvalue weighted by Gasteiger charge is 2.19. The Kier molecular flexibility index (Phi) is 7.79. The van der Waals surface area contributed by atoms with E-state index in [9.17, 15) is 5.11 Å². The third-order valence-corrected chi connectivity index (χ3v) is 6.62. The minimum atomic E-state index is -0.421. The van der Waals surface area contributed by atoms with E-state index in [1.165, 1.54) is 29.6 Å². The average Bonchev–Trinajstić information content (AvgIpc) is 3.17. The lowest BCUT2D eigenvalue weighted by atomic mass is 9.89. The molecule has 30 heavy (non-hydrogen) atoms. The molecular formula is C26H36N2O2. The second kappa shape index (κ2) is 10.9. The number of ether oxygens (including phenoxy) is 1. The Morgan fingerprint density at radius 2 is 2.00 bits per heavy atom. The SMILES string of the molecule is OC(CCN1CCC2=C(CC=CC=C2)C1)COC1=CC=C(C2CCNCC2)C=CC1. The molecule has 2 heterocycles. The van der Waals surface area contributed by atoms with Gasteiger partial charge in [-0.25, -0.2) is 0 Å². The van der Waals surface area contributed by atoms with Crippen LogP contribution in [0.25, 0.3) is 0 Å². The molecule has 0 aromatic rings. The van der Waals surface area contributed by atoms with E-state index in [1.54, 1.807) is 0 Å². The first-order valence-electron chi connectivity index (χ1n) is 11.6. The highest BCUT2D eigenvalue weighted by Crippen LogP contribution is 2.26. The van der Waals surface area contributed by atoms with Gasteiger partial charge in [0, 0.05) is 26.1 Å². The van der Waals surface area contributed by atoms with Crippen LogP contribution in [0.1, 0.15) is 38.5 Å². The molecule has 162 valence electrons. The van der Waals surface area contributed by atoms with E-state index in [0.717, 1.165) is 64.2 Å². The largest absolute Gasteiger partial charge is 0.495 e. The quantitative estimate of drug-likeness (QED) is 0.667. The predicted molar refractivity (Wildman–Crippen MR) is 123 cm³/mol. The summed E-state index contributed by atoms with van der Waals surface area (Å²) in [5.74, 6) is 1.61. The Bertz CT molecular complexity index is 766. The minimum Gasteiger partial charge on any atom is -0.495 e. The van der Waals surface area contributed by atoms with Crippen LogP contribution >= 0.6 is 0 Å². The molecule has 1 unspecified atom stereocenters. The van der Waals surface area contributed by atoms with Crippen molar-refractivity contribution in [2.24, 2.45) is 5.92 Å². The number of nitrogens with one attached hydrogen (secondary N) is 1. The molecule has 4 nitrogen and oxygen atoms in total. The fourth-order valence-electron chi connectivity index (χ4n) is 4.73. The molecule has 1 atom stereocenters. The zero-order chi connectivity index (χ0) is 20.6. The number of aliphatic hydroxyl groups excluding tert-OH is 1. The molecule has 0 aromatic heterocycles. The molecule has 0 amide bonds. The van der Waals surface area contributed by atoms with Crippen LogP contribution in [0.4, 0.5) is 0 Å². The summed E-state index contributed by atoms with van der Waals surface area (Å²) in [4.78, 5) is 2.47. The number of hydrogen-bond donors (Lipinski definition) is 2. The maximum atomic E-state index is 10.5. The number of allylic oxidation sites excluding steroid dienone is 9. The maximum Gasteiger partial charge on any atom is 0.114 e. The van der Waals surface area contributed by atoms with E-state index in [-0.39, 0.29) is 0 Å². The van der Waals surface area contributed by atoms with Crippen LogP contribution in [0.2, 0.25) is 0 Å². The fraction of sp³-hybridized carbons (Fsp3) is 0.538. The molecule has 4 heteroatoms. The van der Waals surface area contributed by atoms with Crippen molar-refractivity contribution in [2.75, 3.05) is 39.3 Å². The van der Waals surface area contributed by atoms with Gasteiger partial charge in [0.05, 0.1) is 11.9 Å². The van der Waals surface area contributed by atoms with Crippen molar-refractivity contribution in [3.8, 4) is 0 Å². The van der Waals surface area contributed by atoms with Crippen LogP contribution in [0.3, 0.4) is 0 Å². The van der Waals surface area contributed by atoms with Gasteiger partial charge in [-0.1, -0.05) is 42.5 Å². The van der Waals surface area contributed by atoms with Gasteiger partial charge in [-0.15, -0.1) is 0 Å². The summed E-state index contributed by atoms with van der Waals surface area (Å²) in [5.41, 5.74) is 4.45. The van der Waals surface area contributed by atoms with Crippen molar-refractivity contribution < 1.29 is 9.84 Å². The topological polar surface area (TPSA) is 44.7 Å². The van der Waals surface area contributed by atoms with E-state index < -0.39 is 6.10 Å². The molecule has 2 aliphatic heterocycles. The summed E-state index contributed by atoms with van der Waals surface area (Å²) in [7, 11) is 0. The molecule has 4 aliphatic rings. The number of rotatable bonds is 7. The molecule has 0 spiro atoms. The molecule has 0 radical (unpaired) electrons. The predicted octanol–water partition coefficient (Wildman–Crippen LogP) is 4.04. The van der Waals surface area contributed by atoms with Crippen LogP contribution in [-0.2, 0) is 4.74 Å². The second-order valence-corrected chi connectivity index (χ2v) is 8.83. The summed E-state index contributed by atoms with van der Waals surface area (Å²) in [6, 6.07) is 0. The summed E-state index contributed by atoms with van der Waals surface area (Å²) in [6.07, 6.45) is 23.3. The monoisotopic (exact) mass is 408 g/mol. The van der Waals surface area contributed by atoms with E-state index in [1.807, 2.05) is 0 Å². The van der Waals surface area contributed by atoms with Gasteiger partial charge in [0.1, 0.15) is 6.61 Å². The van der Waals surface area contributed by atoms with E-state index in [4.69, 9.17) is 4.74 Å². The lowest BCUT2D eigenvalue weighted by molar-refractivity contribution is 0.0566. The lowest BCUT2D eigenvalue weighted by Crippen LogP contribution is -2.34. The van der Waals surface area contributed by atoms with Crippen molar-refractivity contribution in [3.05, 3.63) is 71.1 Å².